The minimum Gasteiger partial charge on any atom is -0.411 e. The molecule has 0 aromatic heterocycles. The molecule has 1 saturated carbocycles. The molecule has 1 aromatic carbocycles. The summed E-state index contributed by atoms with van der Waals surface area (Å²) < 4.78 is 18.1. The first-order valence-electron chi connectivity index (χ1n) is 9.93. The van der Waals surface area contributed by atoms with Crippen LogP contribution < -0.4 is 0 Å². The van der Waals surface area contributed by atoms with E-state index in [1.54, 1.807) is 14.2 Å². The van der Waals surface area contributed by atoms with Gasteiger partial charge in [0.1, 0.15) is 0 Å². The second kappa shape index (κ2) is 8.55. The van der Waals surface area contributed by atoms with E-state index in [0.29, 0.717) is 5.92 Å². The van der Waals surface area contributed by atoms with Gasteiger partial charge in [0.2, 0.25) is 0 Å². The number of hydrogen-bond acceptors (Lipinski definition) is 3. The number of methoxy groups -OCH3 is 2. The van der Waals surface area contributed by atoms with Crippen molar-refractivity contribution in [2.75, 3.05) is 14.2 Å². The van der Waals surface area contributed by atoms with Gasteiger partial charge in [-0.3, -0.25) is 0 Å². The first-order valence-corrected chi connectivity index (χ1v) is 12.8. The lowest BCUT2D eigenvalue weighted by atomic mass is 9.74. The van der Waals surface area contributed by atoms with E-state index < -0.39 is 8.32 Å². The van der Waals surface area contributed by atoms with Crippen LogP contribution in [0.2, 0.25) is 18.1 Å². The van der Waals surface area contributed by atoms with Crippen molar-refractivity contribution in [2.45, 2.75) is 88.8 Å². The van der Waals surface area contributed by atoms with Crippen LogP contribution in [0.5, 0.6) is 0 Å². The summed E-state index contributed by atoms with van der Waals surface area (Å²) in [6.45, 7) is 11.6. The van der Waals surface area contributed by atoms with E-state index in [4.69, 9.17) is 13.9 Å². The lowest BCUT2D eigenvalue weighted by molar-refractivity contribution is -0.147. The Bertz CT molecular complexity index is 538. The van der Waals surface area contributed by atoms with Gasteiger partial charge in [-0.1, -0.05) is 51.1 Å². The van der Waals surface area contributed by atoms with Crippen LogP contribution in [0.1, 0.15) is 64.4 Å². The molecular weight excluding hydrogens is 340 g/mol. The highest BCUT2D eigenvalue weighted by molar-refractivity contribution is 6.74. The smallest absolute Gasteiger partial charge is 0.192 e. The zero-order valence-electron chi connectivity index (χ0n) is 17.8. The third-order valence-electron chi connectivity index (χ3n) is 6.51. The van der Waals surface area contributed by atoms with Gasteiger partial charge in [0, 0.05) is 20.6 Å². The highest BCUT2D eigenvalue weighted by Crippen LogP contribution is 2.47. The van der Waals surface area contributed by atoms with Crippen molar-refractivity contribution in [1.82, 2.24) is 0 Å². The Morgan fingerprint density at radius 1 is 1.04 bits per heavy atom. The molecule has 0 saturated heterocycles. The van der Waals surface area contributed by atoms with Crippen molar-refractivity contribution < 1.29 is 13.9 Å². The molecule has 0 bridgehead atoms. The SMILES string of the molecule is COC(CC1(O[Si](C)(C)C(C)(C)C)CCC(c2ccccc2)CC1)OC. The summed E-state index contributed by atoms with van der Waals surface area (Å²) >= 11 is 0. The molecule has 4 heteroatoms. The highest BCUT2D eigenvalue weighted by atomic mass is 28.4. The van der Waals surface area contributed by atoms with Crippen molar-refractivity contribution >= 4 is 8.32 Å². The minimum atomic E-state index is -1.87. The Labute approximate surface area is 161 Å². The number of benzene rings is 1. The van der Waals surface area contributed by atoms with Crippen LogP contribution in [0.3, 0.4) is 0 Å². The Morgan fingerprint density at radius 3 is 2.04 bits per heavy atom. The quantitative estimate of drug-likeness (QED) is 0.423. The standard InChI is InChI=1S/C22H38O3Si/c1-21(2,3)26(6,7)25-22(17-20(23-4)24-5)15-13-19(14-16-22)18-11-9-8-10-12-18/h8-12,19-20H,13-17H2,1-7H3. The second-order valence-corrected chi connectivity index (χ2v) is 14.1. The lowest BCUT2D eigenvalue weighted by Gasteiger charge is -2.49. The predicted molar refractivity (Wildman–Crippen MR) is 111 cm³/mol. The van der Waals surface area contributed by atoms with Gasteiger partial charge in [0.25, 0.3) is 0 Å². The third-order valence-corrected chi connectivity index (χ3v) is 11.1. The first kappa shape index (κ1) is 21.6. The van der Waals surface area contributed by atoms with Crippen molar-refractivity contribution in [3.8, 4) is 0 Å². The Hall–Kier alpha value is -0.683. The van der Waals surface area contributed by atoms with E-state index >= 15 is 0 Å². The van der Waals surface area contributed by atoms with Gasteiger partial charge >= 0.3 is 0 Å². The van der Waals surface area contributed by atoms with Crippen molar-refractivity contribution in [3.63, 3.8) is 0 Å². The summed E-state index contributed by atoms with van der Waals surface area (Å²) in [5.74, 6) is 0.635. The van der Waals surface area contributed by atoms with Crippen LogP contribution in [0.4, 0.5) is 0 Å². The average molecular weight is 379 g/mol. The molecule has 2 rings (SSSR count). The van der Waals surface area contributed by atoms with E-state index in [1.807, 2.05) is 0 Å². The summed E-state index contributed by atoms with van der Waals surface area (Å²) in [6.07, 6.45) is 5.09. The summed E-state index contributed by atoms with van der Waals surface area (Å²) in [4.78, 5) is 0. The van der Waals surface area contributed by atoms with Crippen LogP contribution in [0.25, 0.3) is 0 Å². The molecule has 0 N–H and O–H groups in total. The fraction of sp³-hybridized carbons (Fsp3) is 0.727. The summed E-state index contributed by atoms with van der Waals surface area (Å²) in [7, 11) is 1.58. The monoisotopic (exact) mass is 378 g/mol. The van der Waals surface area contributed by atoms with Crippen LogP contribution in [0.15, 0.2) is 30.3 Å². The average Bonchev–Trinajstić information content (AvgIpc) is 2.60. The van der Waals surface area contributed by atoms with Gasteiger partial charge in [-0.15, -0.1) is 0 Å². The van der Waals surface area contributed by atoms with Crippen molar-refractivity contribution in [3.05, 3.63) is 35.9 Å². The molecule has 0 amide bonds. The van der Waals surface area contributed by atoms with E-state index in [1.165, 1.54) is 18.4 Å². The fourth-order valence-electron chi connectivity index (χ4n) is 3.81. The molecule has 0 atom stereocenters. The van der Waals surface area contributed by atoms with Crippen LogP contribution >= 0.6 is 0 Å². The maximum atomic E-state index is 7.03. The molecule has 148 valence electrons. The van der Waals surface area contributed by atoms with Crippen LogP contribution in [0, 0.1) is 0 Å². The highest BCUT2D eigenvalue weighted by Gasteiger charge is 2.47. The summed E-state index contributed by atoms with van der Waals surface area (Å²) in [5.41, 5.74) is 1.33. The largest absolute Gasteiger partial charge is 0.411 e. The summed E-state index contributed by atoms with van der Waals surface area (Å²) in [5, 5.41) is 0.200. The maximum absolute atomic E-state index is 7.03. The molecule has 0 aliphatic heterocycles. The maximum Gasteiger partial charge on any atom is 0.192 e. The number of ether oxygens (including phenoxy) is 2. The zero-order chi connectivity index (χ0) is 19.4. The summed E-state index contributed by atoms with van der Waals surface area (Å²) in [6, 6.07) is 10.9. The fourth-order valence-corrected chi connectivity index (χ4v) is 5.49. The predicted octanol–water partition coefficient (Wildman–Crippen LogP) is 6.11. The lowest BCUT2D eigenvalue weighted by Crippen LogP contribution is -2.52. The van der Waals surface area contributed by atoms with Gasteiger partial charge in [-0.25, -0.2) is 0 Å². The normalized spacial score (nSPS) is 24.8. The molecule has 0 unspecified atom stereocenters. The van der Waals surface area contributed by atoms with Gasteiger partial charge in [0.05, 0.1) is 5.60 Å². The topological polar surface area (TPSA) is 27.7 Å². The second-order valence-electron chi connectivity index (χ2n) is 9.34. The zero-order valence-corrected chi connectivity index (χ0v) is 18.8. The first-order chi connectivity index (χ1) is 12.1. The van der Waals surface area contributed by atoms with Crippen molar-refractivity contribution in [1.29, 1.82) is 0 Å². The van der Waals surface area contributed by atoms with E-state index in [0.717, 1.165) is 19.3 Å². The molecule has 3 nitrogen and oxygen atoms in total. The molecular formula is C22H38O3Si. The third kappa shape index (κ3) is 5.19. The molecule has 1 aromatic rings. The van der Waals surface area contributed by atoms with Crippen LogP contribution in [-0.4, -0.2) is 34.4 Å². The molecule has 1 aliphatic carbocycles. The van der Waals surface area contributed by atoms with Gasteiger partial charge in [-0.05, 0) is 55.3 Å². The van der Waals surface area contributed by atoms with Crippen molar-refractivity contribution in [2.24, 2.45) is 0 Å². The minimum absolute atomic E-state index is 0.134. The molecule has 26 heavy (non-hydrogen) atoms. The molecule has 0 heterocycles. The molecule has 0 spiro atoms. The molecule has 1 aliphatic rings. The van der Waals surface area contributed by atoms with Gasteiger partial charge in [-0.2, -0.15) is 0 Å². The Kier molecular flexibility index (Phi) is 7.11. The number of hydrogen-bond donors (Lipinski definition) is 0. The van der Waals surface area contributed by atoms with E-state index in [2.05, 4.69) is 64.2 Å². The van der Waals surface area contributed by atoms with Gasteiger partial charge in [0.15, 0.2) is 14.6 Å². The van der Waals surface area contributed by atoms with Gasteiger partial charge < -0.3 is 13.9 Å². The van der Waals surface area contributed by atoms with Crippen LogP contribution in [-0.2, 0) is 13.9 Å². The molecule has 1 fully saturated rings. The van der Waals surface area contributed by atoms with E-state index in [-0.39, 0.29) is 16.9 Å². The Morgan fingerprint density at radius 2 is 1.58 bits per heavy atom. The molecule has 0 radical (unpaired) electrons. The number of rotatable bonds is 7. The van der Waals surface area contributed by atoms with E-state index in [9.17, 15) is 0 Å². The Balaban J connectivity index is 2.18.